The summed E-state index contributed by atoms with van der Waals surface area (Å²) in [7, 11) is 1.80. The van der Waals surface area contributed by atoms with Gasteiger partial charge in [-0.3, -0.25) is 29.3 Å². The fraction of sp³-hybridized carbons (Fsp3) is 0.130. The lowest BCUT2D eigenvalue weighted by molar-refractivity contribution is -0.384. The Balaban J connectivity index is 1.53. The average molecular weight is 477 g/mol. The van der Waals surface area contributed by atoms with Crippen molar-refractivity contribution in [1.82, 2.24) is 9.78 Å². The predicted octanol–water partition coefficient (Wildman–Crippen LogP) is 3.75. The molecule has 2 heterocycles. The van der Waals surface area contributed by atoms with Gasteiger partial charge in [0.1, 0.15) is 5.70 Å². The molecule has 0 saturated heterocycles. The number of carbonyl (C=O) groups is 2. The fourth-order valence-electron chi connectivity index (χ4n) is 3.30. The van der Waals surface area contributed by atoms with Crippen molar-refractivity contribution in [3.8, 4) is 0 Å². The second-order valence-electron chi connectivity index (χ2n) is 7.38. The second-order valence-corrected chi connectivity index (χ2v) is 8.33. The molecule has 2 amide bonds. The first-order chi connectivity index (χ1) is 16.3. The number of anilines is 2. The zero-order valence-electron chi connectivity index (χ0n) is 18.3. The Morgan fingerprint density at radius 1 is 1.18 bits per heavy atom. The molecule has 0 aliphatic carbocycles. The van der Waals surface area contributed by atoms with Crippen LogP contribution in [0.2, 0.25) is 0 Å². The van der Waals surface area contributed by atoms with Crippen LogP contribution in [0, 0.1) is 17.0 Å². The molecule has 0 atom stereocenters. The maximum Gasteiger partial charge on any atom is 0.283 e. The highest BCUT2D eigenvalue weighted by Crippen LogP contribution is 2.29. The first-order valence-electron chi connectivity index (χ1n) is 10.2. The molecule has 10 nitrogen and oxygen atoms in total. The number of amides is 2. The van der Waals surface area contributed by atoms with Crippen LogP contribution in [0.4, 0.5) is 17.1 Å². The van der Waals surface area contributed by atoms with Crippen LogP contribution in [0.1, 0.15) is 11.3 Å². The predicted molar refractivity (Wildman–Crippen MR) is 131 cm³/mol. The zero-order chi connectivity index (χ0) is 24.2. The highest BCUT2D eigenvalue weighted by atomic mass is 32.2. The summed E-state index contributed by atoms with van der Waals surface area (Å²) in [6.07, 6.45) is 3.49. The first kappa shape index (κ1) is 22.9. The van der Waals surface area contributed by atoms with Gasteiger partial charge < -0.3 is 5.32 Å². The van der Waals surface area contributed by atoms with Crippen molar-refractivity contribution in [3.63, 3.8) is 0 Å². The van der Waals surface area contributed by atoms with Crippen molar-refractivity contribution in [2.45, 2.75) is 6.92 Å². The molecular formula is C23H20N6O4S. The van der Waals surface area contributed by atoms with Crippen molar-refractivity contribution in [1.29, 1.82) is 0 Å². The second kappa shape index (κ2) is 9.71. The standard InChI is InChI=1S/C23H20N6O4S/c1-15-16(13-27(2)26-15)12-20-22(31)28(18-6-4-3-5-7-18)23(25-20)34-14-21(30)24-17-8-10-19(11-9-17)29(32)33/h3-13H,14H2,1-2H3,(H,24,30). The van der Waals surface area contributed by atoms with Crippen molar-refractivity contribution < 1.29 is 14.5 Å². The van der Waals surface area contributed by atoms with Gasteiger partial charge in [-0.15, -0.1) is 0 Å². The molecule has 3 aromatic rings. The molecule has 0 bridgehead atoms. The number of nitrogens with zero attached hydrogens (tertiary/aromatic N) is 5. The number of para-hydroxylation sites is 1. The van der Waals surface area contributed by atoms with Gasteiger partial charge in [0.2, 0.25) is 5.91 Å². The summed E-state index contributed by atoms with van der Waals surface area (Å²) in [5, 5.41) is 18.1. The van der Waals surface area contributed by atoms with Crippen molar-refractivity contribution in [3.05, 3.63) is 87.9 Å². The van der Waals surface area contributed by atoms with Gasteiger partial charge in [-0.25, -0.2) is 4.99 Å². The molecule has 1 aliphatic rings. The Morgan fingerprint density at radius 2 is 1.88 bits per heavy atom. The van der Waals surface area contributed by atoms with E-state index in [0.29, 0.717) is 16.5 Å². The topological polar surface area (TPSA) is 123 Å². The number of non-ortho nitro benzene ring substituents is 1. The van der Waals surface area contributed by atoms with Crippen LogP contribution < -0.4 is 10.2 Å². The number of hydrogen-bond acceptors (Lipinski definition) is 7. The molecule has 172 valence electrons. The number of amidine groups is 1. The van der Waals surface area contributed by atoms with Gasteiger partial charge in [0.15, 0.2) is 5.17 Å². The molecule has 0 unspecified atom stereocenters. The third-order valence-corrected chi connectivity index (χ3v) is 5.82. The lowest BCUT2D eigenvalue weighted by atomic mass is 10.2. The third kappa shape index (κ3) is 5.04. The number of rotatable bonds is 6. The van der Waals surface area contributed by atoms with Crippen LogP contribution in [0.3, 0.4) is 0 Å². The first-order valence-corrected chi connectivity index (χ1v) is 11.2. The summed E-state index contributed by atoms with van der Waals surface area (Å²) in [5.41, 5.74) is 2.82. The van der Waals surface area contributed by atoms with Crippen LogP contribution in [-0.4, -0.2) is 37.4 Å². The smallest absolute Gasteiger partial charge is 0.283 e. The van der Waals surface area contributed by atoms with E-state index in [4.69, 9.17) is 0 Å². The van der Waals surface area contributed by atoms with Crippen LogP contribution in [0.15, 0.2) is 71.5 Å². The van der Waals surface area contributed by atoms with Gasteiger partial charge in [0.25, 0.3) is 11.6 Å². The number of nitrogens with one attached hydrogen (secondary N) is 1. The maximum absolute atomic E-state index is 13.2. The van der Waals surface area contributed by atoms with E-state index in [1.165, 1.54) is 29.2 Å². The molecule has 11 heteroatoms. The minimum Gasteiger partial charge on any atom is -0.325 e. The largest absolute Gasteiger partial charge is 0.325 e. The molecule has 1 N–H and O–H groups in total. The van der Waals surface area contributed by atoms with Crippen molar-refractivity contribution in [2.24, 2.45) is 12.0 Å². The lowest BCUT2D eigenvalue weighted by Crippen LogP contribution is -2.31. The molecule has 4 rings (SSSR count). The minimum absolute atomic E-state index is 0.00830. The number of aryl methyl sites for hydroxylation is 2. The van der Waals surface area contributed by atoms with Gasteiger partial charge in [0.05, 0.1) is 22.1 Å². The number of nitro benzene ring substituents is 1. The molecular weight excluding hydrogens is 456 g/mol. The molecule has 2 aromatic carbocycles. The number of aliphatic imine (C=N–C) groups is 1. The Hall–Kier alpha value is -4.25. The number of thioether (sulfide) groups is 1. The monoisotopic (exact) mass is 476 g/mol. The Kier molecular flexibility index (Phi) is 6.55. The highest BCUT2D eigenvalue weighted by Gasteiger charge is 2.32. The number of nitro groups is 1. The summed E-state index contributed by atoms with van der Waals surface area (Å²) < 4.78 is 1.66. The molecule has 34 heavy (non-hydrogen) atoms. The van der Waals surface area contributed by atoms with Crippen molar-refractivity contribution in [2.75, 3.05) is 16.0 Å². The quantitative estimate of drug-likeness (QED) is 0.328. The summed E-state index contributed by atoms with van der Waals surface area (Å²) in [6.45, 7) is 1.85. The van der Waals surface area contributed by atoms with E-state index in [1.807, 2.05) is 25.1 Å². The lowest BCUT2D eigenvalue weighted by Gasteiger charge is -2.17. The van der Waals surface area contributed by atoms with Crippen LogP contribution in [-0.2, 0) is 16.6 Å². The Bertz CT molecular complexity index is 1310. The van der Waals surface area contributed by atoms with E-state index in [-0.39, 0.29) is 29.0 Å². The zero-order valence-corrected chi connectivity index (χ0v) is 19.2. The van der Waals surface area contributed by atoms with Crippen LogP contribution in [0.5, 0.6) is 0 Å². The van der Waals surface area contributed by atoms with E-state index in [9.17, 15) is 19.7 Å². The molecule has 1 aromatic heterocycles. The van der Waals surface area contributed by atoms with E-state index >= 15 is 0 Å². The number of benzene rings is 2. The number of carbonyl (C=O) groups excluding carboxylic acids is 2. The summed E-state index contributed by atoms with van der Waals surface area (Å²) in [6, 6.07) is 14.6. The van der Waals surface area contributed by atoms with E-state index in [2.05, 4.69) is 15.4 Å². The molecule has 0 fully saturated rings. The minimum atomic E-state index is -0.507. The van der Waals surface area contributed by atoms with Crippen LogP contribution >= 0.6 is 11.8 Å². The summed E-state index contributed by atoms with van der Waals surface area (Å²) >= 11 is 1.12. The molecule has 1 aliphatic heterocycles. The average Bonchev–Trinajstić information content (AvgIpc) is 3.30. The van der Waals surface area contributed by atoms with E-state index < -0.39 is 4.92 Å². The summed E-state index contributed by atoms with van der Waals surface area (Å²) in [4.78, 5) is 41.9. The van der Waals surface area contributed by atoms with Gasteiger partial charge >= 0.3 is 0 Å². The van der Waals surface area contributed by atoms with Gasteiger partial charge in [-0.05, 0) is 37.3 Å². The molecule has 0 spiro atoms. The fourth-order valence-corrected chi connectivity index (χ4v) is 4.11. The third-order valence-electron chi connectivity index (χ3n) is 4.88. The maximum atomic E-state index is 13.2. The Labute approximate surface area is 199 Å². The van der Waals surface area contributed by atoms with Crippen LogP contribution in [0.25, 0.3) is 6.08 Å². The number of hydrogen-bond donors (Lipinski definition) is 1. The number of aromatic nitrogens is 2. The Morgan fingerprint density at radius 3 is 2.50 bits per heavy atom. The van der Waals surface area contributed by atoms with E-state index in [0.717, 1.165) is 23.0 Å². The van der Waals surface area contributed by atoms with Gasteiger partial charge in [0, 0.05) is 36.6 Å². The van der Waals surface area contributed by atoms with E-state index in [1.54, 1.807) is 36.1 Å². The van der Waals surface area contributed by atoms with Crippen molar-refractivity contribution >= 4 is 51.9 Å². The normalized spacial score (nSPS) is 14.4. The summed E-state index contributed by atoms with van der Waals surface area (Å²) in [5.74, 6) is -0.638. The highest BCUT2D eigenvalue weighted by molar-refractivity contribution is 8.14. The van der Waals surface area contributed by atoms with Gasteiger partial charge in [-0.1, -0.05) is 30.0 Å². The van der Waals surface area contributed by atoms with Gasteiger partial charge in [-0.2, -0.15) is 5.10 Å². The SMILES string of the molecule is Cc1nn(C)cc1C=C1N=C(SCC(=O)Nc2ccc([N+](=O)[O-])cc2)N(c2ccccc2)C1=O. The molecule has 0 radical (unpaired) electrons. The molecule has 0 saturated carbocycles.